The molecule has 0 radical (unpaired) electrons. The van der Waals surface area contributed by atoms with Crippen LogP contribution >= 0.6 is 0 Å². The highest BCUT2D eigenvalue weighted by atomic mass is 16.3. The molecule has 22 heavy (non-hydrogen) atoms. The predicted molar refractivity (Wildman–Crippen MR) is 86.2 cm³/mol. The van der Waals surface area contributed by atoms with Gasteiger partial charge in [0.2, 0.25) is 5.91 Å². The Morgan fingerprint density at radius 1 is 0.955 bits per heavy atom. The van der Waals surface area contributed by atoms with Gasteiger partial charge in [0.05, 0.1) is 6.04 Å². The second kappa shape index (κ2) is 6.43. The van der Waals surface area contributed by atoms with Crippen molar-refractivity contribution in [3.8, 4) is 5.75 Å². The number of amides is 1. The van der Waals surface area contributed by atoms with Gasteiger partial charge in [-0.05, 0) is 29.7 Å². The van der Waals surface area contributed by atoms with Crippen molar-refractivity contribution < 1.29 is 9.90 Å². The van der Waals surface area contributed by atoms with E-state index in [1.165, 1.54) is 5.56 Å². The molecule has 2 aromatic rings. The first kappa shape index (κ1) is 14.3. The monoisotopic (exact) mass is 294 g/mol. The highest BCUT2D eigenvalue weighted by Crippen LogP contribution is 2.14. The molecular formula is C18H18N2O2. The zero-order valence-electron chi connectivity index (χ0n) is 12.1. The lowest BCUT2D eigenvalue weighted by atomic mass is 10.0. The molecule has 1 amide bonds. The second-order valence-corrected chi connectivity index (χ2v) is 5.49. The number of aliphatic imine (C=N–C) groups is 1. The number of hydrogen-bond acceptors (Lipinski definition) is 3. The molecule has 112 valence electrons. The molecule has 1 aliphatic heterocycles. The van der Waals surface area contributed by atoms with Crippen molar-refractivity contribution in [1.29, 1.82) is 0 Å². The van der Waals surface area contributed by atoms with E-state index in [1.807, 2.05) is 48.7 Å². The topological polar surface area (TPSA) is 61.7 Å². The summed E-state index contributed by atoms with van der Waals surface area (Å²) in [4.78, 5) is 16.6. The molecule has 4 nitrogen and oxygen atoms in total. The summed E-state index contributed by atoms with van der Waals surface area (Å²) in [5.41, 5.74) is 2.16. The first-order valence-corrected chi connectivity index (χ1v) is 7.36. The molecule has 0 saturated carbocycles. The predicted octanol–water partition coefficient (Wildman–Crippen LogP) is 2.12. The molecule has 3 rings (SSSR count). The number of aromatic hydroxyl groups is 1. The van der Waals surface area contributed by atoms with E-state index in [-0.39, 0.29) is 17.7 Å². The Labute approximate surface area is 129 Å². The number of benzene rings is 2. The van der Waals surface area contributed by atoms with Crippen LogP contribution in [-0.2, 0) is 17.6 Å². The van der Waals surface area contributed by atoms with Crippen molar-refractivity contribution in [1.82, 2.24) is 5.32 Å². The van der Waals surface area contributed by atoms with Gasteiger partial charge in [-0.2, -0.15) is 0 Å². The molecule has 1 aliphatic rings. The van der Waals surface area contributed by atoms with Crippen LogP contribution in [0.4, 0.5) is 0 Å². The average Bonchev–Trinajstić information content (AvgIpc) is 2.53. The third-order valence-electron chi connectivity index (χ3n) is 3.74. The third-order valence-corrected chi connectivity index (χ3v) is 3.74. The zero-order chi connectivity index (χ0) is 15.4. The minimum Gasteiger partial charge on any atom is -0.508 e. The van der Waals surface area contributed by atoms with Gasteiger partial charge in [0.1, 0.15) is 11.8 Å². The van der Waals surface area contributed by atoms with Crippen molar-refractivity contribution in [3.05, 3.63) is 65.7 Å². The van der Waals surface area contributed by atoms with Crippen LogP contribution in [0.3, 0.4) is 0 Å². The van der Waals surface area contributed by atoms with Crippen molar-refractivity contribution in [2.24, 2.45) is 4.99 Å². The molecular weight excluding hydrogens is 276 g/mol. The van der Waals surface area contributed by atoms with Crippen molar-refractivity contribution in [3.63, 3.8) is 0 Å². The van der Waals surface area contributed by atoms with E-state index in [9.17, 15) is 9.90 Å². The maximum absolute atomic E-state index is 12.2. The van der Waals surface area contributed by atoms with Crippen LogP contribution in [0.1, 0.15) is 11.1 Å². The minimum absolute atomic E-state index is 0.0449. The van der Waals surface area contributed by atoms with E-state index in [2.05, 4.69) is 10.3 Å². The van der Waals surface area contributed by atoms with Gasteiger partial charge >= 0.3 is 0 Å². The summed E-state index contributed by atoms with van der Waals surface area (Å²) < 4.78 is 0. The summed E-state index contributed by atoms with van der Waals surface area (Å²) in [5, 5.41) is 12.3. The molecule has 0 fully saturated rings. The lowest BCUT2D eigenvalue weighted by Gasteiger charge is -2.23. The Hall–Kier alpha value is -2.62. The number of nitrogens with zero attached hydrogens (tertiary/aromatic N) is 1. The number of rotatable bonds is 4. The fourth-order valence-electron chi connectivity index (χ4n) is 2.56. The smallest absolute Gasteiger partial charge is 0.245 e. The summed E-state index contributed by atoms with van der Waals surface area (Å²) in [5.74, 6) is 0.180. The van der Waals surface area contributed by atoms with E-state index in [1.54, 1.807) is 12.1 Å². The van der Waals surface area contributed by atoms with Crippen molar-refractivity contribution in [2.75, 3.05) is 0 Å². The van der Waals surface area contributed by atoms with Crippen molar-refractivity contribution in [2.45, 2.75) is 24.9 Å². The summed E-state index contributed by atoms with van der Waals surface area (Å²) in [6.07, 6.45) is 3.13. The van der Waals surface area contributed by atoms with Gasteiger partial charge in [0.25, 0.3) is 0 Å². The van der Waals surface area contributed by atoms with Crippen LogP contribution in [0.2, 0.25) is 0 Å². The molecule has 2 N–H and O–H groups in total. The van der Waals surface area contributed by atoms with Gasteiger partial charge in [0, 0.05) is 12.6 Å². The number of hydrogen-bond donors (Lipinski definition) is 2. The van der Waals surface area contributed by atoms with Gasteiger partial charge in [0.15, 0.2) is 0 Å². The summed E-state index contributed by atoms with van der Waals surface area (Å²) in [6.45, 7) is 0. The fourth-order valence-corrected chi connectivity index (χ4v) is 2.56. The van der Waals surface area contributed by atoms with Crippen LogP contribution in [0.15, 0.2) is 59.6 Å². The molecule has 0 spiro atoms. The van der Waals surface area contributed by atoms with E-state index in [0.29, 0.717) is 6.42 Å². The number of carbonyl (C=O) groups is 1. The molecule has 0 aliphatic carbocycles. The molecule has 2 atom stereocenters. The lowest BCUT2D eigenvalue weighted by Crippen LogP contribution is -2.47. The van der Waals surface area contributed by atoms with Gasteiger partial charge < -0.3 is 10.4 Å². The highest BCUT2D eigenvalue weighted by molar-refractivity contribution is 5.90. The lowest BCUT2D eigenvalue weighted by molar-refractivity contribution is -0.122. The summed E-state index contributed by atoms with van der Waals surface area (Å²) >= 11 is 0. The van der Waals surface area contributed by atoms with Crippen LogP contribution in [0, 0.1) is 0 Å². The van der Waals surface area contributed by atoms with E-state index in [4.69, 9.17) is 0 Å². The Bertz CT molecular complexity index is 665. The summed E-state index contributed by atoms with van der Waals surface area (Å²) in [7, 11) is 0. The SMILES string of the molecule is O=C1NC(Cc2ccccc2)C=N[C@H]1Cc1ccc(O)cc1. The van der Waals surface area contributed by atoms with E-state index < -0.39 is 6.04 Å². The second-order valence-electron chi connectivity index (χ2n) is 5.49. The minimum atomic E-state index is -0.392. The molecule has 4 heteroatoms. The standard InChI is InChI=1S/C18H18N2O2/c21-16-8-6-14(7-9-16)11-17-18(22)20-15(12-19-17)10-13-4-2-1-3-5-13/h1-9,12,15,17,21H,10-11H2,(H,20,22)/t15?,17-/m0/s1. The fraction of sp³-hybridized carbons (Fsp3) is 0.222. The molecule has 0 bridgehead atoms. The number of carbonyl (C=O) groups excluding carboxylic acids is 1. The number of phenolic OH excluding ortho intramolecular Hbond substituents is 1. The first-order valence-electron chi connectivity index (χ1n) is 7.36. The molecule has 0 aromatic heterocycles. The molecule has 1 unspecified atom stereocenters. The number of nitrogens with one attached hydrogen (secondary N) is 1. The van der Waals surface area contributed by atoms with Crippen LogP contribution < -0.4 is 5.32 Å². The zero-order valence-corrected chi connectivity index (χ0v) is 12.1. The van der Waals surface area contributed by atoms with E-state index >= 15 is 0 Å². The van der Waals surface area contributed by atoms with Crippen molar-refractivity contribution >= 4 is 12.1 Å². The van der Waals surface area contributed by atoms with E-state index in [0.717, 1.165) is 12.0 Å². The maximum Gasteiger partial charge on any atom is 0.245 e. The average molecular weight is 294 g/mol. The quantitative estimate of drug-likeness (QED) is 0.907. The third kappa shape index (κ3) is 3.52. The molecule has 0 saturated heterocycles. The van der Waals surface area contributed by atoms with Gasteiger partial charge in [-0.1, -0.05) is 42.5 Å². The Morgan fingerprint density at radius 3 is 2.32 bits per heavy atom. The largest absolute Gasteiger partial charge is 0.508 e. The normalized spacial score (nSPS) is 20.6. The molecule has 1 heterocycles. The molecule has 2 aromatic carbocycles. The van der Waals surface area contributed by atoms with Gasteiger partial charge in [-0.15, -0.1) is 0 Å². The van der Waals surface area contributed by atoms with Crippen LogP contribution in [0.5, 0.6) is 5.75 Å². The first-order chi connectivity index (χ1) is 10.7. The Morgan fingerprint density at radius 2 is 1.64 bits per heavy atom. The Balaban J connectivity index is 1.63. The maximum atomic E-state index is 12.2. The van der Waals surface area contributed by atoms with Crippen LogP contribution in [-0.4, -0.2) is 29.3 Å². The van der Waals surface area contributed by atoms with Crippen LogP contribution in [0.25, 0.3) is 0 Å². The number of phenols is 1. The summed E-state index contributed by atoms with van der Waals surface area (Å²) in [6, 6.07) is 16.5. The van der Waals surface area contributed by atoms with Gasteiger partial charge in [-0.25, -0.2) is 0 Å². The highest BCUT2D eigenvalue weighted by Gasteiger charge is 2.24. The Kier molecular flexibility index (Phi) is 4.19. The van der Waals surface area contributed by atoms with Gasteiger partial charge in [-0.3, -0.25) is 9.79 Å².